The van der Waals surface area contributed by atoms with Gasteiger partial charge in [-0.1, -0.05) is 31.5 Å². The van der Waals surface area contributed by atoms with Crippen LogP contribution in [0.3, 0.4) is 0 Å². The summed E-state index contributed by atoms with van der Waals surface area (Å²) in [5, 5.41) is -1.22. The van der Waals surface area contributed by atoms with E-state index in [1.54, 1.807) is 26.0 Å². The lowest BCUT2D eigenvalue weighted by molar-refractivity contribution is -0.148. The minimum atomic E-state index is -4.61. The van der Waals surface area contributed by atoms with E-state index in [1.165, 1.54) is 7.11 Å². The summed E-state index contributed by atoms with van der Waals surface area (Å²) < 4.78 is 53.0. The van der Waals surface area contributed by atoms with Crippen LogP contribution in [0.25, 0.3) is 0 Å². The topological polar surface area (TPSA) is 48.7 Å². The summed E-state index contributed by atoms with van der Waals surface area (Å²) in [7, 11) is 1.52. The maximum absolute atomic E-state index is 12.5. The van der Waals surface area contributed by atoms with Gasteiger partial charge in [0.1, 0.15) is 29.8 Å². The molecule has 1 aliphatic carbocycles. The van der Waals surface area contributed by atoms with E-state index < -0.39 is 34.4 Å². The number of hydrogen-bond donors (Lipinski definition) is 0. The highest BCUT2D eigenvalue weighted by molar-refractivity contribution is 6.30. The van der Waals surface area contributed by atoms with Crippen molar-refractivity contribution >= 4 is 17.6 Å². The zero-order valence-corrected chi connectivity index (χ0v) is 14.2. The van der Waals surface area contributed by atoms with Crippen LogP contribution in [0.1, 0.15) is 25.4 Å². The maximum atomic E-state index is 12.5. The first-order chi connectivity index (χ1) is 11.1. The smallest absolute Gasteiger partial charge is 0.426 e. The molecule has 2 atom stereocenters. The van der Waals surface area contributed by atoms with Crippen molar-refractivity contribution in [3.8, 4) is 0 Å². The SMILES string of the molecule is COCc1ccc(COC(=O)[C@@H]2[C@H](/C=C(\Cl)C(F)(F)F)C2(C)C)o1. The van der Waals surface area contributed by atoms with Crippen molar-refractivity contribution in [1.29, 1.82) is 0 Å². The Labute approximate surface area is 142 Å². The standard InChI is InChI=1S/C16H18ClF3O4/c1-15(2)11(6-12(17)16(18,19)20)13(15)14(21)23-8-10-5-4-9(24-10)7-22-3/h4-6,11,13H,7-8H2,1-3H3/b12-6-/t11-,13-/m0/s1. The van der Waals surface area contributed by atoms with E-state index in [4.69, 9.17) is 25.5 Å². The van der Waals surface area contributed by atoms with Gasteiger partial charge in [0.25, 0.3) is 0 Å². The fourth-order valence-electron chi connectivity index (χ4n) is 2.64. The predicted molar refractivity (Wildman–Crippen MR) is 80.0 cm³/mol. The van der Waals surface area contributed by atoms with E-state index in [1.807, 2.05) is 0 Å². The number of ether oxygens (including phenoxy) is 2. The van der Waals surface area contributed by atoms with Gasteiger partial charge in [-0.2, -0.15) is 13.2 Å². The Morgan fingerprint density at radius 2 is 1.92 bits per heavy atom. The molecule has 1 aromatic rings. The number of hydrogen-bond acceptors (Lipinski definition) is 4. The molecule has 1 fully saturated rings. The molecule has 134 valence electrons. The fraction of sp³-hybridized carbons (Fsp3) is 0.562. The average Bonchev–Trinajstić information content (AvgIpc) is 2.82. The number of carbonyl (C=O) groups is 1. The third-order valence-electron chi connectivity index (χ3n) is 4.12. The highest BCUT2D eigenvalue weighted by Crippen LogP contribution is 2.60. The van der Waals surface area contributed by atoms with Crippen LogP contribution in [-0.2, 0) is 27.5 Å². The number of carbonyl (C=O) groups excluding carboxylic acids is 1. The minimum absolute atomic E-state index is 0.0848. The van der Waals surface area contributed by atoms with Gasteiger partial charge in [0.2, 0.25) is 0 Å². The van der Waals surface area contributed by atoms with Gasteiger partial charge in [0.05, 0.1) is 5.92 Å². The number of furan rings is 1. The van der Waals surface area contributed by atoms with E-state index in [0.717, 1.165) is 6.08 Å². The largest absolute Gasteiger partial charge is 0.460 e. The lowest BCUT2D eigenvalue weighted by Crippen LogP contribution is -2.10. The zero-order valence-electron chi connectivity index (χ0n) is 13.4. The number of esters is 1. The summed E-state index contributed by atoms with van der Waals surface area (Å²) in [6.45, 7) is 3.61. The molecule has 0 N–H and O–H groups in total. The Kier molecular flexibility index (Phi) is 5.34. The first-order valence-electron chi connectivity index (χ1n) is 7.25. The molecule has 1 aliphatic rings. The Balaban J connectivity index is 1.94. The Morgan fingerprint density at radius 3 is 2.46 bits per heavy atom. The predicted octanol–water partition coefficient (Wildman–Crippen LogP) is 4.43. The molecule has 1 saturated carbocycles. The molecule has 0 saturated heterocycles. The van der Waals surface area contributed by atoms with Crippen molar-refractivity contribution in [3.63, 3.8) is 0 Å². The molecule has 0 amide bonds. The number of rotatable bonds is 6. The highest BCUT2D eigenvalue weighted by Gasteiger charge is 2.62. The quantitative estimate of drug-likeness (QED) is 0.699. The molecule has 1 heterocycles. The van der Waals surface area contributed by atoms with E-state index in [2.05, 4.69) is 0 Å². The number of halogens is 4. The molecule has 2 rings (SSSR count). The molecule has 4 nitrogen and oxygen atoms in total. The van der Waals surface area contributed by atoms with E-state index >= 15 is 0 Å². The molecular weight excluding hydrogens is 349 g/mol. The summed E-state index contributed by atoms with van der Waals surface area (Å²) in [6.07, 6.45) is -3.72. The van der Waals surface area contributed by atoms with Crippen LogP contribution >= 0.6 is 11.6 Å². The molecule has 0 unspecified atom stereocenters. The summed E-state index contributed by atoms with van der Waals surface area (Å²) in [5.74, 6) is -0.818. The molecule has 1 aromatic heterocycles. The lowest BCUT2D eigenvalue weighted by atomic mass is 10.1. The Bertz CT molecular complexity index is 634. The average molecular weight is 367 g/mol. The zero-order chi connectivity index (χ0) is 18.1. The normalized spacial score (nSPS) is 23.2. The van der Waals surface area contributed by atoms with Gasteiger partial charge in [0, 0.05) is 7.11 Å². The fourth-order valence-corrected chi connectivity index (χ4v) is 2.78. The molecule has 0 aliphatic heterocycles. The molecule has 8 heteroatoms. The lowest BCUT2D eigenvalue weighted by Gasteiger charge is -2.04. The number of methoxy groups -OCH3 is 1. The number of allylic oxidation sites excluding steroid dienone is 2. The van der Waals surface area contributed by atoms with E-state index in [9.17, 15) is 18.0 Å². The van der Waals surface area contributed by atoms with Gasteiger partial charge in [-0.25, -0.2) is 0 Å². The van der Waals surface area contributed by atoms with Crippen molar-refractivity contribution in [2.45, 2.75) is 33.2 Å². The van der Waals surface area contributed by atoms with Gasteiger partial charge >= 0.3 is 12.1 Å². The first kappa shape index (κ1) is 18.9. The van der Waals surface area contributed by atoms with Gasteiger partial charge in [-0.3, -0.25) is 4.79 Å². The third kappa shape index (κ3) is 4.13. The van der Waals surface area contributed by atoms with Crippen molar-refractivity contribution in [1.82, 2.24) is 0 Å². The van der Waals surface area contributed by atoms with Gasteiger partial charge < -0.3 is 13.9 Å². The van der Waals surface area contributed by atoms with Crippen LogP contribution in [0.15, 0.2) is 27.7 Å². The van der Waals surface area contributed by atoms with Crippen molar-refractivity contribution in [2.24, 2.45) is 17.3 Å². The molecule has 0 spiro atoms. The molecule has 0 bridgehead atoms. The van der Waals surface area contributed by atoms with Crippen molar-refractivity contribution in [2.75, 3.05) is 7.11 Å². The Hall–Kier alpha value is -1.47. The van der Waals surface area contributed by atoms with E-state index in [0.29, 0.717) is 18.1 Å². The van der Waals surface area contributed by atoms with Crippen LogP contribution in [-0.4, -0.2) is 19.3 Å². The second kappa shape index (κ2) is 6.80. The summed E-state index contributed by atoms with van der Waals surface area (Å²) in [4.78, 5) is 12.1. The Morgan fingerprint density at radius 1 is 1.33 bits per heavy atom. The second-order valence-corrected chi connectivity index (χ2v) is 6.65. The van der Waals surface area contributed by atoms with Crippen LogP contribution < -0.4 is 0 Å². The number of alkyl halides is 3. The van der Waals surface area contributed by atoms with Crippen molar-refractivity contribution < 1.29 is 31.9 Å². The molecular formula is C16H18ClF3O4. The van der Waals surface area contributed by atoms with Crippen molar-refractivity contribution in [3.05, 3.63) is 34.8 Å². The van der Waals surface area contributed by atoms with Gasteiger partial charge in [-0.15, -0.1) is 0 Å². The third-order valence-corrected chi connectivity index (χ3v) is 4.46. The van der Waals surface area contributed by atoms with E-state index in [-0.39, 0.29) is 6.61 Å². The monoisotopic (exact) mass is 366 g/mol. The second-order valence-electron chi connectivity index (χ2n) is 6.25. The summed E-state index contributed by atoms with van der Waals surface area (Å²) >= 11 is 5.25. The van der Waals surface area contributed by atoms with Crippen LogP contribution in [0.4, 0.5) is 13.2 Å². The molecule has 0 aromatic carbocycles. The maximum Gasteiger partial charge on any atom is 0.426 e. The minimum Gasteiger partial charge on any atom is -0.460 e. The summed E-state index contributed by atoms with van der Waals surface area (Å²) in [6, 6.07) is 3.35. The van der Waals surface area contributed by atoms with Crippen LogP contribution in [0.5, 0.6) is 0 Å². The molecule has 0 radical (unpaired) electrons. The highest BCUT2D eigenvalue weighted by atomic mass is 35.5. The first-order valence-corrected chi connectivity index (χ1v) is 7.63. The van der Waals surface area contributed by atoms with Gasteiger partial charge in [-0.05, 0) is 23.5 Å². The molecule has 24 heavy (non-hydrogen) atoms. The van der Waals surface area contributed by atoms with Crippen LogP contribution in [0.2, 0.25) is 0 Å². The summed E-state index contributed by atoms with van der Waals surface area (Å²) in [5.41, 5.74) is -0.632. The van der Waals surface area contributed by atoms with Gasteiger partial charge in [0.15, 0.2) is 0 Å². The van der Waals surface area contributed by atoms with Crippen LogP contribution in [0, 0.1) is 17.3 Å².